The molecule has 2 aliphatic heterocycles. The number of aryl methyl sites for hydroxylation is 1. The topological polar surface area (TPSA) is 80.1 Å². The van der Waals surface area contributed by atoms with E-state index in [1.165, 1.54) is 0 Å². The van der Waals surface area contributed by atoms with E-state index in [9.17, 15) is 9.59 Å². The van der Waals surface area contributed by atoms with Gasteiger partial charge in [0.25, 0.3) is 17.8 Å². The highest BCUT2D eigenvalue weighted by atomic mass is 35.5. The molecule has 6 rings (SSSR count). The molecule has 0 radical (unpaired) electrons. The Balaban J connectivity index is 1.45. The fourth-order valence-electron chi connectivity index (χ4n) is 4.25. The number of nitrogens with one attached hydrogen (secondary N) is 1. The van der Waals surface area contributed by atoms with Crippen molar-refractivity contribution in [2.24, 2.45) is 0 Å². The molecule has 8 heteroatoms. The Bertz CT molecular complexity index is 1450. The fraction of sp³-hybridized carbons (Fsp3) is 0.0769. The average Bonchev–Trinajstić information content (AvgIpc) is 3.38. The highest BCUT2D eigenvalue weighted by Crippen LogP contribution is 2.35. The van der Waals surface area contributed by atoms with Crippen LogP contribution >= 0.6 is 11.6 Å². The van der Waals surface area contributed by atoms with E-state index in [-0.39, 0.29) is 12.0 Å². The molecule has 3 aromatic carbocycles. The third kappa shape index (κ3) is 3.21. The summed E-state index contributed by atoms with van der Waals surface area (Å²) in [6.45, 7) is 2.03. The van der Waals surface area contributed by atoms with Crippen molar-refractivity contribution in [1.29, 1.82) is 0 Å². The molecule has 0 unspecified atom stereocenters. The molecular formula is C26H18ClN5O2. The molecule has 1 N–H and O–H groups in total. The summed E-state index contributed by atoms with van der Waals surface area (Å²) in [4.78, 5) is 31.6. The van der Waals surface area contributed by atoms with Crippen LogP contribution in [-0.2, 0) is 0 Å². The molecule has 0 bridgehead atoms. The zero-order chi connectivity index (χ0) is 23.4. The summed E-state index contributed by atoms with van der Waals surface area (Å²) < 4.78 is 1.70. The number of aromatic nitrogens is 3. The quantitative estimate of drug-likeness (QED) is 0.424. The van der Waals surface area contributed by atoms with Gasteiger partial charge in [-0.25, -0.2) is 9.58 Å². The van der Waals surface area contributed by atoms with Gasteiger partial charge in [-0.2, -0.15) is 4.98 Å². The van der Waals surface area contributed by atoms with Crippen molar-refractivity contribution in [1.82, 2.24) is 14.8 Å². The van der Waals surface area contributed by atoms with Crippen LogP contribution in [0.3, 0.4) is 0 Å². The number of rotatable bonds is 3. The van der Waals surface area contributed by atoms with E-state index in [0.29, 0.717) is 22.1 Å². The maximum atomic E-state index is 13.0. The first kappa shape index (κ1) is 20.4. The summed E-state index contributed by atoms with van der Waals surface area (Å²) in [5.41, 5.74) is 4.60. The summed E-state index contributed by atoms with van der Waals surface area (Å²) in [5, 5.41) is 8.54. The minimum absolute atomic E-state index is 0.0385. The zero-order valence-corrected chi connectivity index (χ0v) is 18.8. The van der Waals surface area contributed by atoms with Crippen molar-refractivity contribution >= 4 is 41.0 Å². The van der Waals surface area contributed by atoms with E-state index in [4.69, 9.17) is 11.6 Å². The van der Waals surface area contributed by atoms with Gasteiger partial charge >= 0.3 is 0 Å². The van der Waals surface area contributed by atoms with Crippen LogP contribution in [0, 0.1) is 6.92 Å². The Morgan fingerprint density at radius 1 is 0.882 bits per heavy atom. The Morgan fingerprint density at radius 2 is 1.53 bits per heavy atom. The van der Waals surface area contributed by atoms with Gasteiger partial charge < -0.3 is 5.32 Å². The standard InChI is InChI=1S/C26H18ClN5O2/c1-15-6-8-17(9-7-15)22-14-21(16-10-12-18(27)13-11-16)28-25-29-26(30-32(22)25)31-23(33)19-4-2-3-5-20(19)24(31)34/h2-14,22H,1H3,(H,28,29,30)/t22-/m1/s1. The smallest absolute Gasteiger partial charge is 0.268 e. The molecule has 1 atom stereocenters. The molecule has 4 aromatic rings. The molecule has 2 aliphatic rings. The predicted octanol–water partition coefficient (Wildman–Crippen LogP) is 5.10. The van der Waals surface area contributed by atoms with Gasteiger partial charge in [0.1, 0.15) is 6.04 Å². The van der Waals surface area contributed by atoms with E-state index >= 15 is 0 Å². The van der Waals surface area contributed by atoms with Crippen LogP contribution in [0.2, 0.25) is 5.02 Å². The molecule has 3 heterocycles. The molecule has 166 valence electrons. The molecule has 2 amide bonds. The van der Waals surface area contributed by atoms with Crippen molar-refractivity contribution < 1.29 is 9.59 Å². The van der Waals surface area contributed by atoms with Crippen molar-refractivity contribution in [2.75, 3.05) is 10.2 Å². The molecule has 0 fully saturated rings. The largest absolute Gasteiger partial charge is 0.324 e. The monoisotopic (exact) mass is 467 g/mol. The number of allylic oxidation sites excluding steroid dienone is 1. The Labute approximate surface area is 200 Å². The number of fused-ring (bicyclic) bond motifs is 2. The highest BCUT2D eigenvalue weighted by Gasteiger charge is 2.40. The van der Waals surface area contributed by atoms with Gasteiger partial charge in [0, 0.05) is 10.7 Å². The second-order valence-electron chi connectivity index (χ2n) is 8.24. The number of carbonyl (C=O) groups excluding carboxylic acids is 2. The zero-order valence-electron chi connectivity index (χ0n) is 18.1. The molecule has 1 aromatic heterocycles. The van der Waals surface area contributed by atoms with Gasteiger partial charge in [0.05, 0.1) is 11.1 Å². The van der Waals surface area contributed by atoms with Gasteiger partial charge in [-0.1, -0.05) is 65.7 Å². The normalized spacial score (nSPS) is 16.7. The van der Waals surface area contributed by atoms with Crippen LogP contribution in [0.4, 0.5) is 11.9 Å². The summed E-state index contributed by atoms with van der Waals surface area (Å²) in [5.74, 6) is -0.385. The molecule has 0 saturated carbocycles. The fourth-order valence-corrected chi connectivity index (χ4v) is 4.37. The third-order valence-electron chi connectivity index (χ3n) is 6.02. The van der Waals surface area contributed by atoms with Crippen LogP contribution < -0.4 is 10.2 Å². The van der Waals surface area contributed by atoms with Crippen LogP contribution in [0.5, 0.6) is 0 Å². The van der Waals surface area contributed by atoms with Crippen molar-refractivity contribution in [3.8, 4) is 0 Å². The Kier molecular flexibility index (Phi) is 4.60. The van der Waals surface area contributed by atoms with Gasteiger partial charge in [0.15, 0.2) is 0 Å². The van der Waals surface area contributed by atoms with Crippen LogP contribution in [0.25, 0.3) is 5.70 Å². The second-order valence-corrected chi connectivity index (χ2v) is 8.68. The lowest BCUT2D eigenvalue weighted by molar-refractivity contribution is 0.0924. The average molecular weight is 468 g/mol. The Hall–Kier alpha value is -4.23. The number of anilines is 2. The maximum Gasteiger partial charge on any atom is 0.268 e. The van der Waals surface area contributed by atoms with E-state index in [1.807, 2.05) is 61.5 Å². The maximum absolute atomic E-state index is 13.0. The number of nitrogens with zero attached hydrogens (tertiary/aromatic N) is 4. The number of hydrogen-bond donors (Lipinski definition) is 1. The molecule has 0 spiro atoms. The lowest BCUT2D eigenvalue weighted by Gasteiger charge is -2.24. The van der Waals surface area contributed by atoms with Gasteiger partial charge in [-0.05, 0) is 48.4 Å². The van der Waals surface area contributed by atoms with Gasteiger partial charge in [-0.15, -0.1) is 5.10 Å². The highest BCUT2D eigenvalue weighted by molar-refractivity contribution is 6.33. The van der Waals surface area contributed by atoms with Crippen molar-refractivity contribution in [2.45, 2.75) is 13.0 Å². The number of carbonyl (C=O) groups is 2. The first-order valence-electron chi connectivity index (χ1n) is 10.8. The van der Waals surface area contributed by atoms with E-state index in [2.05, 4.69) is 15.4 Å². The Morgan fingerprint density at radius 3 is 2.18 bits per heavy atom. The number of hydrogen-bond acceptors (Lipinski definition) is 5. The molecule has 7 nitrogen and oxygen atoms in total. The van der Waals surface area contributed by atoms with Gasteiger partial charge in [0.2, 0.25) is 5.95 Å². The first-order chi connectivity index (χ1) is 16.5. The summed E-state index contributed by atoms with van der Waals surface area (Å²) in [6.07, 6.45) is 2.04. The summed E-state index contributed by atoms with van der Waals surface area (Å²) in [6, 6.07) is 22.1. The third-order valence-corrected chi connectivity index (χ3v) is 6.27. The van der Waals surface area contributed by atoms with Crippen LogP contribution in [0.15, 0.2) is 78.9 Å². The van der Waals surface area contributed by atoms with E-state index < -0.39 is 11.8 Å². The number of amides is 2. The lowest BCUT2D eigenvalue weighted by atomic mass is 10.0. The van der Waals surface area contributed by atoms with Crippen LogP contribution in [0.1, 0.15) is 43.4 Å². The molecule has 0 saturated heterocycles. The lowest BCUT2D eigenvalue weighted by Crippen LogP contribution is -2.30. The SMILES string of the molecule is Cc1ccc([C@H]2C=C(c3ccc(Cl)cc3)Nc3nc(N4C(=O)c5ccccc5C4=O)nn32)cc1. The molecule has 34 heavy (non-hydrogen) atoms. The van der Waals surface area contributed by atoms with E-state index in [0.717, 1.165) is 27.3 Å². The van der Waals surface area contributed by atoms with Gasteiger partial charge in [-0.3, -0.25) is 9.59 Å². The molecular weight excluding hydrogens is 450 g/mol. The van der Waals surface area contributed by atoms with E-state index in [1.54, 1.807) is 28.9 Å². The first-order valence-corrected chi connectivity index (χ1v) is 11.1. The number of benzene rings is 3. The predicted molar refractivity (Wildman–Crippen MR) is 130 cm³/mol. The minimum Gasteiger partial charge on any atom is -0.324 e. The van der Waals surface area contributed by atoms with Crippen molar-refractivity contribution in [3.63, 3.8) is 0 Å². The minimum atomic E-state index is -0.429. The summed E-state index contributed by atoms with van der Waals surface area (Å²) in [7, 11) is 0. The summed E-state index contributed by atoms with van der Waals surface area (Å²) >= 11 is 6.08. The second kappa shape index (κ2) is 7.67. The van der Waals surface area contributed by atoms with Crippen LogP contribution in [-0.4, -0.2) is 26.6 Å². The van der Waals surface area contributed by atoms with Crippen molar-refractivity contribution in [3.05, 3.63) is 112 Å². The number of imide groups is 1. The molecule has 0 aliphatic carbocycles. The number of halogens is 1.